The third kappa shape index (κ3) is 6.10. The Hall–Kier alpha value is -1.15. The Bertz CT molecular complexity index is 810. The van der Waals surface area contributed by atoms with E-state index in [0.717, 1.165) is 6.26 Å². The quantitative estimate of drug-likeness (QED) is 0.785. The zero-order chi connectivity index (χ0) is 16.3. The van der Waals surface area contributed by atoms with Gasteiger partial charge < -0.3 is 15.3 Å². The molecule has 0 unspecified atom stereocenters. The maximum Gasteiger partial charge on any atom is 0.229 e. The Morgan fingerprint density at radius 2 is 1.70 bits per heavy atom. The van der Waals surface area contributed by atoms with Gasteiger partial charge in [0.25, 0.3) is 0 Å². The minimum atomic E-state index is -3.55. The number of benzene rings is 2. The van der Waals surface area contributed by atoms with Gasteiger partial charge >= 0.3 is 0 Å². The molecular formula is C14H12ClN2O4SY-. The molecule has 23 heavy (non-hydrogen) atoms. The van der Waals surface area contributed by atoms with Crippen molar-refractivity contribution in [1.29, 1.82) is 0 Å². The van der Waals surface area contributed by atoms with E-state index in [0.29, 0.717) is 16.5 Å². The minimum absolute atomic E-state index is 0. The van der Waals surface area contributed by atoms with Crippen LogP contribution in [0.1, 0.15) is 10.4 Å². The molecule has 0 saturated carbocycles. The number of halogens is 1. The third-order valence-electron chi connectivity index (χ3n) is 2.58. The van der Waals surface area contributed by atoms with Crippen molar-refractivity contribution in [3.63, 3.8) is 0 Å². The van der Waals surface area contributed by atoms with E-state index in [1.807, 2.05) is 0 Å². The van der Waals surface area contributed by atoms with Crippen LogP contribution in [0.5, 0.6) is 11.5 Å². The van der Waals surface area contributed by atoms with E-state index in [4.69, 9.17) is 22.1 Å². The Balaban J connectivity index is 0.00000264. The summed E-state index contributed by atoms with van der Waals surface area (Å²) in [6, 6.07) is 10.8. The molecule has 0 aliphatic carbocycles. The number of nitrogens with one attached hydrogen (secondary N) is 2. The first-order valence-electron chi connectivity index (χ1n) is 6.06. The average molecular weight is 429 g/mol. The molecule has 2 rings (SSSR count). The third-order valence-corrected chi connectivity index (χ3v) is 3.42. The van der Waals surface area contributed by atoms with Gasteiger partial charge in [0.05, 0.1) is 17.9 Å². The van der Waals surface area contributed by atoms with E-state index in [-0.39, 0.29) is 44.0 Å². The van der Waals surface area contributed by atoms with Crippen molar-refractivity contribution in [2.24, 2.45) is 0 Å². The smallest absolute Gasteiger partial charge is 0.229 e. The zero-order valence-electron chi connectivity index (χ0n) is 12.0. The number of carbonyl (C=O) groups is 1. The Morgan fingerprint density at radius 1 is 1.13 bits per heavy atom. The monoisotopic (exact) mass is 428 g/mol. The second-order valence-electron chi connectivity index (χ2n) is 4.47. The fourth-order valence-corrected chi connectivity index (χ4v) is 2.41. The van der Waals surface area contributed by atoms with Crippen LogP contribution in [0.15, 0.2) is 42.5 Å². The van der Waals surface area contributed by atoms with Gasteiger partial charge in [-0.2, -0.15) is 0 Å². The molecule has 2 aromatic carbocycles. The summed E-state index contributed by atoms with van der Waals surface area (Å²) in [5, 5.41) is 0.557. The Labute approximate surface area is 164 Å². The molecule has 1 amide bonds. The van der Waals surface area contributed by atoms with Gasteiger partial charge in [-0.25, -0.2) is 8.42 Å². The summed E-state index contributed by atoms with van der Waals surface area (Å²) >= 11 is 5.77. The summed E-state index contributed by atoms with van der Waals surface area (Å²) in [7, 11) is -3.55. The van der Waals surface area contributed by atoms with Crippen LogP contribution in [-0.2, 0) is 42.7 Å². The standard InChI is InChI=1S/C14H13ClN2O4S.Y/c1-22(19,20)17-13-7-6-11(8-12(13)14(16)18)21-10-4-2-9(15)3-5-10;/h2-8H,1H3,(H3,16,17,18);/p-1. The van der Waals surface area contributed by atoms with Gasteiger partial charge in [-0.15, -0.1) is 0 Å². The van der Waals surface area contributed by atoms with Crippen molar-refractivity contribution in [3.8, 4) is 11.5 Å². The van der Waals surface area contributed by atoms with E-state index < -0.39 is 15.9 Å². The van der Waals surface area contributed by atoms with Crippen LogP contribution in [0.2, 0.25) is 5.02 Å². The zero-order valence-corrected chi connectivity index (χ0v) is 16.4. The first-order valence-corrected chi connectivity index (χ1v) is 8.33. The van der Waals surface area contributed by atoms with Gasteiger partial charge in [0.2, 0.25) is 10.0 Å². The number of rotatable bonds is 5. The van der Waals surface area contributed by atoms with Crippen LogP contribution in [0.3, 0.4) is 0 Å². The Kier molecular flexibility index (Phi) is 7.01. The number of hydrogen-bond donors (Lipinski definition) is 1. The fourth-order valence-electron chi connectivity index (χ4n) is 1.70. The van der Waals surface area contributed by atoms with E-state index in [1.54, 1.807) is 24.3 Å². The van der Waals surface area contributed by atoms with Crippen LogP contribution in [0, 0.1) is 0 Å². The maximum absolute atomic E-state index is 11.4. The molecule has 0 spiro atoms. The largest absolute Gasteiger partial charge is 0.663 e. The van der Waals surface area contributed by atoms with Gasteiger partial charge in [-0.1, -0.05) is 11.6 Å². The van der Waals surface area contributed by atoms with Gasteiger partial charge in [0.15, 0.2) is 0 Å². The molecule has 9 heteroatoms. The van der Waals surface area contributed by atoms with Crippen molar-refractivity contribution >= 4 is 33.2 Å². The summed E-state index contributed by atoms with van der Waals surface area (Å²) in [4.78, 5) is 11.4. The van der Waals surface area contributed by atoms with E-state index in [1.165, 1.54) is 18.2 Å². The first-order chi connectivity index (χ1) is 10.2. The second kappa shape index (κ2) is 8.10. The molecule has 119 valence electrons. The van der Waals surface area contributed by atoms with Gasteiger partial charge in [-0.05, 0) is 42.5 Å². The number of carbonyl (C=O) groups excluding carboxylic acids is 1. The molecule has 0 aromatic heterocycles. The number of amides is 1. The fraction of sp³-hybridized carbons (Fsp3) is 0.0714. The van der Waals surface area contributed by atoms with Gasteiger partial charge in [0.1, 0.15) is 11.5 Å². The van der Waals surface area contributed by atoms with Crippen LogP contribution in [0.4, 0.5) is 5.69 Å². The molecule has 2 N–H and O–H groups in total. The van der Waals surface area contributed by atoms with Crippen molar-refractivity contribution in [2.75, 3.05) is 11.0 Å². The normalized spacial score (nSPS) is 10.5. The van der Waals surface area contributed by atoms with Crippen LogP contribution >= 0.6 is 11.6 Å². The SMILES string of the molecule is CS(=O)(=O)Nc1ccc(Oc2ccc(Cl)cc2)cc1C([NH-])=O.[Y]. The number of hydrogen-bond acceptors (Lipinski definition) is 4. The summed E-state index contributed by atoms with van der Waals surface area (Å²) in [5.74, 6) is -0.221. The molecule has 0 bridgehead atoms. The molecule has 0 aliphatic heterocycles. The van der Waals surface area contributed by atoms with Crippen molar-refractivity contribution in [2.45, 2.75) is 0 Å². The minimum Gasteiger partial charge on any atom is -0.663 e. The molecule has 2 aromatic rings. The van der Waals surface area contributed by atoms with E-state index >= 15 is 0 Å². The number of ether oxygens (including phenoxy) is 1. The predicted octanol–water partition coefficient (Wildman–Crippen LogP) is 3.69. The predicted molar refractivity (Wildman–Crippen MR) is 85.1 cm³/mol. The topological polar surface area (TPSA) is 96.3 Å². The van der Waals surface area contributed by atoms with Crippen LogP contribution in [0.25, 0.3) is 5.73 Å². The summed E-state index contributed by atoms with van der Waals surface area (Å²) in [6.07, 6.45) is 0.962. The molecular weight excluding hydrogens is 417 g/mol. The molecule has 0 aliphatic rings. The average Bonchev–Trinajstić information content (AvgIpc) is 2.41. The molecule has 0 saturated heterocycles. The molecule has 1 radical (unpaired) electrons. The van der Waals surface area contributed by atoms with Crippen molar-refractivity contribution in [1.82, 2.24) is 0 Å². The van der Waals surface area contributed by atoms with Gasteiger partial charge in [0, 0.05) is 43.3 Å². The number of sulfonamides is 1. The molecule has 6 nitrogen and oxygen atoms in total. The first kappa shape index (κ1) is 19.9. The van der Waals surface area contributed by atoms with Gasteiger partial charge in [-0.3, -0.25) is 4.72 Å². The molecule has 0 atom stereocenters. The molecule has 0 fully saturated rings. The second-order valence-corrected chi connectivity index (χ2v) is 6.65. The number of anilines is 1. The van der Waals surface area contributed by atoms with Crippen LogP contribution < -0.4 is 9.46 Å². The maximum atomic E-state index is 11.4. The van der Waals surface area contributed by atoms with E-state index in [9.17, 15) is 13.2 Å². The summed E-state index contributed by atoms with van der Waals surface area (Å²) < 4.78 is 30.2. The van der Waals surface area contributed by atoms with Crippen molar-refractivity contribution < 1.29 is 50.7 Å². The van der Waals surface area contributed by atoms with Crippen LogP contribution in [-0.4, -0.2) is 20.6 Å². The van der Waals surface area contributed by atoms with E-state index in [2.05, 4.69) is 4.72 Å². The van der Waals surface area contributed by atoms with Crippen molar-refractivity contribution in [3.05, 3.63) is 58.8 Å². The Morgan fingerprint density at radius 3 is 2.22 bits per heavy atom. The molecule has 0 heterocycles. The summed E-state index contributed by atoms with van der Waals surface area (Å²) in [6.45, 7) is 0. The summed E-state index contributed by atoms with van der Waals surface area (Å²) in [5.41, 5.74) is 7.16.